The van der Waals surface area contributed by atoms with E-state index in [0.717, 1.165) is 6.42 Å². The van der Waals surface area contributed by atoms with Crippen molar-refractivity contribution in [1.82, 2.24) is 5.32 Å². The summed E-state index contributed by atoms with van der Waals surface area (Å²) in [4.78, 5) is 25.2. The van der Waals surface area contributed by atoms with Crippen molar-refractivity contribution in [1.29, 1.82) is 0 Å². The van der Waals surface area contributed by atoms with Crippen LogP contribution in [0.15, 0.2) is 35.7 Å². The highest BCUT2D eigenvalue weighted by Crippen LogP contribution is 2.24. The third kappa shape index (κ3) is 6.29. The summed E-state index contributed by atoms with van der Waals surface area (Å²) < 4.78 is 0. The topological polar surface area (TPSA) is 84.2 Å². The van der Waals surface area contributed by atoms with E-state index in [4.69, 9.17) is 17.3 Å². The van der Waals surface area contributed by atoms with Gasteiger partial charge in [-0.1, -0.05) is 31.5 Å². The molecule has 142 valence electrons. The number of nitrogens with one attached hydrogen (secondary N) is 2. The Kier molecular flexibility index (Phi) is 9.08. The van der Waals surface area contributed by atoms with Crippen LogP contribution >= 0.6 is 35.3 Å². The summed E-state index contributed by atoms with van der Waals surface area (Å²) in [6.45, 7) is 4.53. The molecular formula is C18H23Cl2N3O2S. The molecule has 0 aliphatic heterocycles. The number of nitrogens with two attached hydrogens (primary N) is 1. The summed E-state index contributed by atoms with van der Waals surface area (Å²) in [6.07, 6.45) is 0.803. The van der Waals surface area contributed by atoms with Crippen LogP contribution in [0.1, 0.15) is 40.3 Å². The third-order valence-electron chi connectivity index (χ3n) is 3.60. The van der Waals surface area contributed by atoms with Crippen LogP contribution in [0.5, 0.6) is 0 Å². The molecule has 0 bridgehead atoms. The third-order valence-corrected chi connectivity index (χ3v) is 4.80. The summed E-state index contributed by atoms with van der Waals surface area (Å²) in [5, 5.41) is 7.86. The van der Waals surface area contributed by atoms with Gasteiger partial charge in [0.1, 0.15) is 0 Å². The molecule has 0 saturated carbocycles. The number of benzene rings is 1. The van der Waals surface area contributed by atoms with E-state index in [-0.39, 0.29) is 30.3 Å². The summed E-state index contributed by atoms with van der Waals surface area (Å²) >= 11 is 7.48. The maximum Gasteiger partial charge on any atom is 0.265 e. The number of anilines is 1. The highest BCUT2D eigenvalue weighted by molar-refractivity contribution is 7.12. The Balaban J connectivity index is 0.00000338. The largest absolute Gasteiger partial charge is 0.348 e. The van der Waals surface area contributed by atoms with Crippen molar-refractivity contribution in [3.8, 4) is 0 Å². The van der Waals surface area contributed by atoms with Gasteiger partial charge in [0.05, 0.1) is 15.6 Å². The molecule has 0 aliphatic rings. The summed E-state index contributed by atoms with van der Waals surface area (Å²) in [5.74, 6) is -0.0618. The van der Waals surface area contributed by atoms with Gasteiger partial charge in [0, 0.05) is 18.2 Å². The van der Waals surface area contributed by atoms with Gasteiger partial charge in [0.2, 0.25) is 0 Å². The molecule has 2 aromatic rings. The molecule has 1 atom stereocenters. The van der Waals surface area contributed by atoms with Gasteiger partial charge in [-0.15, -0.1) is 23.7 Å². The van der Waals surface area contributed by atoms with Crippen molar-refractivity contribution >= 4 is 52.8 Å². The predicted molar refractivity (Wildman–Crippen MR) is 111 cm³/mol. The zero-order chi connectivity index (χ0) is 18.4. The van der Waals surface area contributed by atoms with Crippen LogP contribution < -0.4 is 16.4 Å². The Labute approximate surface area is 168 Å². The Morgan fingerprint density at radius 3 is 2.54 bits per heavy atom. The zero-order valence-electron chi connectivity index (χ0n) is 14.6. The summed E-state index contributed by atoms with van der Waals surface area (Å²) in [7, 11) is 0. The van der Waals surface area contributed by atoms with Crippen LogP contribution in [-0.4, -0.2) is 24.4 Å². The number of amides is 2. The quantitative estimate of drug-likeness (QED) is 0.633. The van der Waals surface area contributed by atoms with Crippen LogP contribution in [0, 0.1) is 5.92 Å². The number of rotatable bonds is 7. The SMILES string of the molecule is CC(C)CC(CN)NC(=O)c1ccc(Cl)c(NC(=O)c2cccs2)c1.Cl. The lowest BCUT2D eigenvalue weighted by Crippen LogP contribution is -2.41. The number of carbonyl (C=O) groups is 2. The van der Waals surface area contributed by atoms with E-state index < -0.39 is 0 Å². The van der Waals surface area contributed by atoms with Crippen LogP contribution in [0.2, 0.25) is 5.02 Å². The van der Waals surface area contributed by atoms with Gasteiger partial charge in [-0.3, -0.25) is 9.59 Å². The van der Waals surface area contributed by atoms with Crippen molar-refractivity contribution in [3.05, 3.63) is 51.2 Å². The molecule has 1 aromatic carbocycles. The molecule has 0 aliphatic carbocycles. The minimum atomic E-state index is -0.255. The lowest BCUT2D eigenvalue weighted by atomic mass is 10.0. The number of hydrogen-bond acceptors (Lipinski definition) is 4. The van der Waals surface area contributed by atoms with E-state index in [1.807, 2.05) is 5.38 Å². The highest BCUT2D eigenvalue weighted by atomic mass is 35.5. The van der Waals surface area contributed by atoms with Crippen molar-refractivity contribution in [2.45, 2.75) is 26.3 Å². The van der Waals surface area contributed by atoms with Crippen molar-refractivity contribution in [2.75, 3.05) is 11.9 Å². The first-order valence-electron chi connectivity index (χ1n) is 8.06. The van der Waals surface area contributed by atoms with E-state index in [9.17, 15) is 9.59 Å². The highest BCUT2D eigenvalue weighted by Gasteiger charge is 2.16. The average molecular weight is 416 g/mol. The first-order valence-corrected chi connectivity index (χ1v) is 9.31. The molecule has 1 aromatic heterocycles. The predicted octanol–water partition coefficient (Wildman–Crippen LogP) is 4.18. The van der Waals surface area contributed by atoms with Crippen LogP contribution in [0.25, 0.3) is 0 Å². The lowest BCUT2D eigenvalue weighted by Gasteiger charge is -2.19. The fourth-order valence-corrected chi connectivity index (χ4v) is 3.19. The molecule has 5 nitrogen and oxygen atoms in total. The fourth-order valence-electron chi connectivity index (χ4n) is 2.41. The van der Waals surface area contributed by atoms with Crippen molar-refractivity contribution in [2.24, 2.45) is 11.7 Å². The molecule has 8 heteroatoms. The Morgan fingerprint density at radius 2 is 1.96 bits per heavy atom. The molecule has 1 heterocycles. The molecule has 1 unspecified atom stereocenters. The molecule has 2 rings (SSSR count). The average Bonchev–Trinajstić information content (AvgIpc) is 3.10. The van der Waals surface area contributed by atoms with Crippen molar-refractivity contribution < 1.29 is 9.59 Å². The summed E-state index contributed by atoms with van der Waals surface area (Å²) in [5.41, 5.74) is 6.56. The summed E-state index contributed by atoms with van der Waals surface area (Å²) in [6, 6.07) is 8.23. The molecular weight excluding hydrogens is 393 g/mol. The minimum Gasteiger partial charge on any atom is -0.348 e. The van der Waals surface area contributed by atoms with E-state index in [1.165, 1.54) is 11.3 Å². The van der Waals surface area contributed by atoms with Gasteiger partial charge >= 0.3 is 0 Å². The standard InChI is InChI=1S/C18H22ClN3O2S.ClH/c1-11(2)8-13(10-20)21-17(23)12-5-6-14(19)15(9-12)22-18(24)16-4-3-7-25-16;/h3-7,9,11,13H,8,10,20H2,1-2H3,(H,21,23)(H,22,24);1H. The van der Waals surface area contributed by atoms with Gasteiger partial charge in [-0.25, -0.2) is 0 Å². The maximum absolute atomic E-state index is 12.5. The van der Waals surface area contributed by atoms with E-state index in [0.29, 0.717) is 33.6 Å². The molecule has 0 spiro atoms. The maximum atomic E-state index is 12.5. The molecule has 2 amide bonds. The number of carbonyl (C=O) groups excluding carboxylic acids is 2. The van der Waals surface area contributed by atoms with Crippen LogP contribution in [0.3, 0.4) is 0 Å². The van der Waals surface area contributed by atoms with Gasteiger partial charge in [-0.05, 0) is 42.0 Å². The van der Waals surface area contributed by atoms with Gasteiger partial charge < -0.3 is 16.4 Å². The first-order chi connectivity index (χ1) is 11.9. The zero-order valence-corrected chi connectivity index (χ0v) is 17.0. The lowest BCUT2D eigenvalue weighted by molar-refractivity contribution is 0.0932. The number of hydrogen-bond donors (Lipinski definition) is 3. The molecule has 0 radical (unpaired) electrons. The fraction of sp³-hybridized carbons (Fsp3) is 0.333. The van der Waals surface area contributed by atoms with Gasteiger partial charge in [0.15, 0.2) is 0 Å². The second-order valence-electron chi connectivity index (χ2n) is 6.16. The van der Waals surface area contributed by atoms with E-state index in [1.54, 1.807) is 30.3 Å². The monoisotopic (exact) mass is 415 g/mol. The van der Waals surface area contributed by atoms with Gasteiger partial charge in [-0.2, -0.15) is 0 Å². The minimum absolute atomic E-state index is 0. The Bertz CT molecular complexity index is 736. The van der Waals surface area contributed by atoms with Gasteiger partial charge in [0.25, 0.3) is 11.8 Å². The van der Waals surface area contributed by atoms with Crippen LogP contribution in [0.4, 0.5) is 5.69 Å². The normalized spacial score (nSPS) is 11.6. The smallest absolute Gasteiger partial charge is 0.265 e. The Hall–Kier alpha value is -1.60. The molecule has 0 saturated heterocycles. The van der Waals surface area contributed by atoms with Crippen molar-refractivity contribution in [3.63, 3.8) is 0 Å². The molecule has 0 fully saturated rings. The molecule has 26 heavy (non-hydrogen) atoms. The Morgan fingerprint density at radius 1 is 1.23 bits per heavy atom. The number of halogens is 2. The van der Waals surface area contributed by atoms with E-state index in [2.05, 4.69) is 24.5 Å². The first kappa shape index (κ1) is 22.4. The second kappa shape index (κ2) is 10.5. The van der Waals surface area contributed by atoms with E-state index >= 15 is 0 Å². The molecule has 4 N–H and O–H groups in total. The second-order valence-corrected chi connectivity index (χ2v) is 7.52. The number of thiophene rings is 1. The van der Waals surface area contributed by atoms with Crippen LogP contribution in [-0.2, 0) is 0 Å².